The molecule has 256 valence electrons. The number of allylic oxidation sites excluding steroid dienone is 3. The van der Waals surface area contributed by atoms with Gasteiger partial charge in [-0.2, -0.15) is 13.2 Å². The molecule has 0 radical (unpaired) electrons. The van der Waals surface area contributed by atoms with Gasteiger partial charge < -0.3 is 27.0 Å². The van der Waals surface area contributed by atoms with E-state index >= 15 is 0 Å². The SMILES string of the molecule is CC1CC(C)C2C(C(N)=O)SC3(c4cccc(N(CC(=O)O)C(=O)c5cccc(CN)c5)c4)C=CC=C(NC1=O)C23.O=C(O)C(F)(F)F. The number of aliphatic carboxylic acids is 2. The highest BCUT2D eigenvalue weighted by Gasteiger charge is 2.60. The van der Waals surface area contributed by atoms with Gasteiger partial charge in [-0.05, 0) is 59.7 Å². The number of halogens is 3. The van der Waals surface area contributed by atoms with Crippen molar-refractivity contribution < 1.29 is 47.4 Å². The molecule has 0 saturated carbocycles. The van der Waals surface area contributed by atoms with Crippen LogP contribution < -0.4 is 21.7 Å². The molecule has 1 aliphatic carbocycles. The summed E-state index contributed by atoms with van der Waals surface area (Å²) in [6.07, 6.45) is 1.32. The number of hydrogen-bond acceptors (Lipinski definition) is 7. The number of carboxylic acid groups (broad SMARTS) is 2. The summed E-state index contributed by atoms with van der Waals surface area (Å²) in [5.74, 6) is -5.45. The summed E-state index contributed by atoms with van der Waals surface area (Å²) in [4.78, 5) is 61.5. The highest BCUT2D eigenvalue weighted by molar-refractivity contribution is 8.02. The fourth-order valence-electron chi connectivity index (χ4n) is 6.55. The van der Waals surface area contributed by atoms with Crippen LogP contribution in [0.1, 0.15) is 41.8 Å². The number of nitrogens with two attached hydrogens (primary N) is 2. The van der Waals surface area contributed by atoms with Crippen molar-refractivity contribution in [2.24, 2.45) is 35.1 Å². The highest BCUT2D eigenvalue weighted by atomic mass is 32.2. The van der Waals surface area contributed by atoms with Crippen LogP contribution in [0.15, 0.2) is 72.5 Å². The number of amides is 3. The van der Waals surface area contributed by atoms with E-state index in [1.165, 1.54) is 16.7 Å². The Hall–Kier alpha value is -4.63. The summed E-state index contributed by atoms with van der Waals surface area (Å²) in [5.41, 5.74) is 14.8. The molecule has 7 N–H and O–H groups in total. The molecule has 0 bridgehead atoms. The summed E-state index contributed by atoms with van der Waals surface area (Å²) >= 11 is 1.46. The predicted octanol–water partition coefficient (Wildman–Crippen LogP) is 3.78. The minimum Gasteiger partial charge on any atom is -0.480 e. The Morgan fingerprint density at radius 2 is 1.75 bits per heavy atom. The minimum atomic E-state index is -5.08. The van der Waals surface area contributed by atoms with Crippen LogP contribution in [0.5, 0.6) is 0 Å². The van der Waals surface area contributed by atoms with Crippen LogP contribution >= 0.6 is 11.8 Å². The first-order valence-electron chi connectivity index (χ1n) is 14.9. The third kappa shape index (κ3) is 7.41. The molecular formula is C33H35F3N4O7S. The molecule has 2 aliphatic heterocycles. The van der Waals surface area contributed by atoms with Gasteiger partial charge in [-0.15, -0.1) is 11.8 Å². The number of thioether (sulfide) groups is 1. The maximum Gasteiger partial charge on any atom is 0.490 e. The molecule has 0 spiro atoms. The second kappa shape index (κ2) is 14.2. The minimum absolute atomic E-state index is 0.0333. The standard InChI is InChI=1S/C31H34N4O5S.C2HF3O2/c1-17-12-18(2)29(39)34-23-10-5-11-31(26(23)25(17)27(41-31)28(33)38)21-8-4-9-22(14-21)35(16-24(36)37)30(40)20-7-3-6-19(13-20)15-32;3-2(4,5)1(6)7/h3-11,13-14,17-18,25-27H,12,15-16,32H2,1-2H3,(H2,33,38)(H,34,39)(H,36,37);(H,6,7). The van der Waals surface area contributed by atoms with Crippen molar-refractivity contribution in [1.29, 1.82) is 0 Å². The van der Waals surface area contributed by atoms with Gasteiger partial charge in [-0.1, -0.05) is 50.3 Å². The fourth-order valence-corrected chi connectivity index (χ4v) is 8.52. The van der Waals surface area contributed by atoms with Crippen molar-refractivity contribution in [3.05, 3.63) is 89.1 Å². The number of rotatable bonds is 7. The van der Waals surface area contributed by atoms with E-state index < -0.39 is 46.5 Å². The summed E-state index contributed by atoms with van der Waals surface area (Å²) in [7, 11) is 0. The topological polar surface area (TPSA) is 193 Å². The molecule has 0 aromatic heterocycles. The highest BCUT2D eigenvalue weighted by Crippen LogP contribution is 2.63. The molecule has 48 heavy (non-hydrogen) atoms. The molecule has 2 aromatic rings. The molecule has 5 rings (SSSR count). The average Bonchev–Trinajstić information content (AvgIpc) is 3.41. The summed E-state index contributed by atoms with van der Waals surface area (Å²) < 4.78 is 31.0. The number of carbonyl (C=O) groups is 5. The number of carboxylic acids is 2. The maximum absolute atomic E-state index is 13.6. The van der Waals surface area contributed by atoms with Gasteiger partial charge >= 0.3 is 18.1 Å². The molecule has 6 unspecified atom stereocenters. The van der Waals surface area contributed by atoms with E-state index in [2.05, 4.69) is 12.2 Å². The van der Waals surface area contributed by atoms with Crippen LogP contribution in [0.2, 0.25) is 0 Å². The van der Waals surface area contributed by atoms with Gasteiger partial charge in [0.25, 0.3) is 5.91 Å². The van der Waals surface area contributed by atoms with Crippen molar-refractivity contribution in [2.75, 3.05) is 11.4 Å². The molecule has 2 heterocycles. The maximum atomic E-state index is 13.6. The van der Waals surface area contributed by atoms with Gasteiger partial charge in [-0.3, -0.25) is 24.1 Å². The molecule has 11 nitrogen and oxygen atoms in total. The monoisotopic (exact) mass is 688 g/mol. The normalized spacial score (nSPS) is 26.0. The molecule has 15 heteroatoms. The number of benzene rings is 2. The summed E-state index contributed by atoms with van der Waals surface area (Å²) in [6.45, 7) is 3.66. The molecule has 6 atom stereocenters. The van der Waals surface area contributed by atoms with Gasteiger partial charge in [0, 0.05) is 35.3 Å². The van der Waals surface area contributed by atoms with Crippen LogP contribution in [0.25, 0.3) is 0 Å². The molecule has 2 aromatic carbocycles. The van der Waals surface area contributed by atoms with Crippen LogP contribution in [-0.4, -0.2) is 57.8 Å². The number of nitrogens with zero attached hydrogens (tertiary/aromatic N) is 1. The first-order valence-corrected chi connectivity index (χ1v) is 15.8. The zero-order valence-corrected chi connectivity index (χ0v) is 26.8. The zero-order valence-electron chi connectivity index (χ0n) is 25.9. The van der Waals surface area contributed by atoms with Gasteiger partial charge in [0.05, 0.1) is 10.00 Å². The van der Waals surface area contributed by atoms with E-state index in [-0.39, 0.29) is 36.1 Å². The molecule has 3 aliphatic rings. The summed E-state index contributed by atoms with van der Waals surface area (Å²) in [6, 6.07) is 14.0. The largest absolute Gasteiger partial charge is 0.490 e. The lowest BCUT2D eigenvalue weighted by molar-refractivity contribution is -0.192. The van der Waals surface area contributed by atoms with Crippen molar-refractivity contribution in [1.82, 2.24) is 5.32 Å². The summed E-state index contributed by atoms with van der Waals surface area (Å²) in [5, 5.41) is 19.4. The number of primary amides is 1. The molecule has 2 saturated heterocycles. The molecule has 2 fully saturated rings. The third-order valence-electron chi connectivity index (χ3n) is 8.65. The number of anilines is 1. The Bertz CT molecular complexity index is 1680. The quantitative estimate of drug-likeness (QED) is 0.288. The average molecular weight is 689 g/mol. The lowest BCUT2D eigenvalue weighted by atomic mass is 9.66. The Balaban J connectivity index is 0.000000671. The second-order valence-electron chi connectivity index (χ2n) is 11.9. The predicted molar refractivity (Wildman–Crippen MR) is 171 cm³/mol. The number of nitrogens with one attached hydrogen (secondary N) is 1. The Morgan fingerprint density at radius 3 is 2.35 bits per heavy atom. The smallest absolute Gasteiger partial charge is 0.480 e. The van der Waals surface area contributed by atoms with E-state index in [0.29, 0.717) is 17.7 Å². The second-order valence-corrected chi connectivity index (χ2v) is 13.3. The fraction of sp³-hybridized carbons (Fsp3) is 0.364. The van der Waals surface area contributed by atoms with Gasteiger partial charge in [0.2, 0.25) is 11.8 Å². The lowest BCUT2D eigenvalue weighted by Crippen LogP contribution is -2.46. The van der Waals surface area contributed by atoms with E-state index in [0.717, 1.165) is 16.8 Å². The van der Waals surface area contributed by atoms with Crippen molar-refractivity contribution in [3.8, 4) is 0 Å². The van der Waals surface area contributed by atoms with Gasteiger partial charge in [0.15, 0.2) is 0 Å². The van der Waals surface area contributed by atoms with Gasteiger partial charge in [-0.25, -0.2) is 4.79 Å². The first kappa shape index (κ1) is 36.2. The Labute approximate surface area is 278 Å². The van der Waals surface area contributed by atoms with Crippen molar-refractivity contribution in [2.45, 2.75) is 43.0 Å². The number of alkyl halides is 3. The zero-order chi connectivity index (χ0) is 35.6. The van der Waals surface area contributed by atoms with E-state index in [4.69, 9.17) is 21.4 Å². The van der Waals surface area contributed by atoms with Crippen molar-refractivity contribution in [3.63, 3.8) is 0 Å². The van der Waals surface area contributed by atoms with Crippen LogP contribution in [0, 0.1) is 23.7 Å². The number of hydrogen-bond donors (Lipinski definition) is 5. The Kier molecular flexibility index (Phi) is 10.7. The number of carbonyl (C=O) groups excluding carboxylic acids is 3. The van der Waals surface area contributed by atoms with Crippen molar-refractivity contribution >= 4 is 47.1 Å². The lowest BCUT2D eigenvalue weighted by Gasteiger charge is -2.42. The Morgan fingerprint density at radius 1 is 1.08 bits per heavy atom. The van der Waals surface area contributed by atoms with E-state index in [1.807, 2.05) is 37.3 Å². The van der Waals surface area contributed by atoms with Crippen LogP contribution in [-0.2, 0) is 30.5 Å². The van der Waals surface area contributed by atoms with Crippen LogP contribution in [0.3, 0.4) is 0 Å². The van der Waals surface area contributed by atoms with Crippen LogP contribution in [0.4, 0.5) is 18.9 Å². The first-order chi connectivity index (χ1) is 22.5. The third-order valence-corrected chi connectivity index (χ3v) is 10.5. The molecule has 3 amide bonds. The van der Waals surface area contributed by atoms with E-state index in [9.17, 15) is 37.5 Å². The molecular weight excluding hydrogens is 653 g/mol. The van der Waals surface area contributed by atoms with Gasteiger partial charge in [0.1, 0.15) is 6.54 Å². The van der Waals surface area contributed by atoms with E-state index in [1.54, 1.807) is 36.4 Å².